The number of rotatable bonds is 3. The van der Waals surface area contributed by atoms with Gasteiger partial charge in [-0.1, -0.05) is 18.5 Å². The summed E-state index contributed by atoms with van der Waals surface area (Å²) < 4.78 is 0. The molecule has 80 valence electrons. The topological polar surface area (TPSA) is 50.2 Å². The molecule has 0 saturated heterocycles. The van der Waals surface area contributed by atoms with Gasteiger partial charge in [0.2, 0.25) is 0 Å². The van der Waals surface area contributed by atoms with E-state index in [-0.39, 0.29) is 0 Å². The third-order valence-electron chi connectivity index (χ3n) is 1.71. The zero-order valence-corrected chi connectivity index (χ0v) is 9.49. The van der Waals surface area contributed by atoms with Gasteiger partial charge in [-0.15, -0.1) is 0 Å². The average molecular weight is 225 g/mol. The van der Waals surface area contributed by atoms with Crippen LogP contribution in [0.15, 0.2) is 34.7 Å². The molecule has 1 heterocycles. The van der Waals surface area contributed by atoms with Crippen molar-refractivity contribution >= 4 is 23.3 Å². The Morgan fingerprint density at radius 1 is 1.67 bits per heavy atom. The van der Waals surface area contributed by atoms with E-state index < -0.39 is 0 Å². The quantitative estimate of drug-likeness (QED) is 0.634. The van der Waals surface area contributed by atoms with Gasteiger partial charge in [0.1, 0.15) is 18.0 Å². The molecule has 15 heavy (non-hydrogen) atoms. The smallest absolute Gasteiger partial charge is 0.134 e. The highest BCUT2D eigenvalue weighted by atomic mass is 35.5. The van der Waals surface area contributed by atoms with Crippen LogP contribution in [0.1, 0.15) is 13.3 Å². The second-order valence-electron chi connectivity index (χ2n) is 2.77. The maximum atomic E-state index is 5.91. The Labute approximate surface area is 94.1 Å². The van der Waals surface area contributed by atoms with E-state index in [1.54, 1.807) is 25.4 Å². The number of amidine groups is 1. The minimum absolute atomic E-state index is 0.681. The van der Waals surface area contributed by atoms with Crippen LogP contribution in [0, 0.1) is 0 Å². The molecule has 0 aliphatic heterocycles. The molecule has 4 nitrogen and oxygen atoms in total. The van der Waals surface area contributed by atoms with Gasteiger partial charge in [0.05, 0.1) is 0 Å². The summed E-state index contributed by atoms with van der Waals surface area (Å²) in [5, 5.41) is 3.78. The minimum atomic E-state index is 0.681. The first-order valence-corrected chi connectivity index (χ1v) is 5.00. The molecule has 1 aromatic heterocycles. The van der Waals surface area contributed by atoms with Gasteiger partial charge in [-0.25, -0.2) is 9.97 Å². The van der Waals surface area contributed by atoms with Crippen LogP contribution < -0.4 is 5.32 Å². The van der Waals surface area contributed by atoms with Crippen molar-refractivity contribution in [3.63, 3.8) is 0 Å². The molecule has 0 spiro atoms. The Morgan fingerprint density at radius 3 is 3.00 bits per heavy atom. The SMILES string of the molecule is CC/C(Cl)=C\C(=NC)Nc1ccncn1. The molecule has 0 radical (unpaired) electrons. The molecule has 1 N–H and O–H groups in total. The lowest BCUT2D eigenvalue weighted by molar-refractivity contribution is 1.17. The van der Waals surface area contributed by atoms with E-state index in [1.807, 2.05) is 6.92 Å². The van der Waals surface area contributed by atoms with Crippen LogP contribution in [0.4, 0.5) is 5.82 Å². The third kappa shape index (κ3) is 4.08. The number of aromatic nitrogens is 2. The lowest BCUT2D eigenvalue weighted by Crippen LogP contribution is -2.10. The normalized spacial score (nSPS) is 12.7. The summed E-state index contributed by atoms with van der Waals surface area (Å²) in [6, 6.07) is 1.76. The number of nitrogens with zero attached hydrogens (tertiary/aromatic N) is 3. The number of anilines is 1. The van der Waals surface area contributed by atoms with Gasteiger partial charge in [-0.05, 0) is 18.6 Å². The average Bonchev–Trinajstić information content (AvgIpc) is 2.29. The largest absolute Gasteiger partial charge is 0.325 e. The van der Waals surface area contributed by atoms with E-state index in [4.69, 9.17) is 11.6 Å². The molecule has 0 unspecified atom stereocenters. The molecule has 0 fully saturated rings. The first-order chi connectivity index (χ1) is 7.26. The van der Waals surface area contributed by atoms with Crippen molar-refractivity contribution in [3.05, 3.63) is 29.7 Å². The van der Waals surface area contributed by atoms with Crippen molar-refractivity contribution in [2.75, 3.05) is 12.4 Å². The van der Waals surface area contributed by atoms with E-state index in [0.29, 0.717) is 11.7 Å². The third-order valence-corrected chi connectivity index (χ3v) is 2.09. The molecule has 5 heteroatoms. The van der Waals surface area contributed by atoms with Crippen LogP contribution in [0.2, 0.25) is 0 Å². The summed E-state index contributed by atoms with van der Waals surface area (Å²) in [5.41, 5.74) is 0. The van der Waals surface area contributed by atoms with Crippen LogP contribution in [-0.4, -0.2) is 22.9 Å². The minimum Gasteiger partial charge on any atom is -0.325 e. The Balaban J connectivity index is 2.72. The predicted octanol–water partition coefficient (Wildman–Crippen LogP) is 2.45. The van der Waals surface area contributed by atoms with Gasteiger partial charge in [-0.2, -0.15) is 0 Å². The number of halogens is 1. The van der Waals surface area contributed by atoms with Gasteiger partial charge in [0.25, 0.3) is 0 Å². The van der Waals surface area contributed by atoms with E-state index in [9.17, 15) is 0 Å². The Hall–Kier alpha value is -1.42. The van der Waals surface area contributed by atoms with Gasteiger partial charge in [-0.3, -0.25) is 4.99 Å². The standard InChI is InChI=1S/C10H13ClN4/c1-3-8(11)6-10(12-2)15-9-4-5-13-7-14-9/h4-7H,3H2,1-2H3,(H,12,13,14,15)/b8-6+. The zero-order chi connectivity index (χ0) is 11.1. The number of hydrogen-bond donors (Lipinski definition) is 1. The van der Waals surface area contributed by atoms with Gasteiger partial charge >= 0.3 is 0 Å². The van der Waals surface area contributed by atoms with Crippen LogP contribution in [0.3, 0.4) is 0 Å². The van der Waals surface area contributed by atoms with E-state index in [1.165, 1.54) is 6.33 Å². The molecule has 0 aliphatic rings. The number of allylic oxidation sites excluding steroid dienone is 1. The fraction of sp³-hybridized carbons (Fsp3) is 0.300. The molecule has 0 aliphatic carbocycles. The summed E-state index contributed by atoms with van der Waals surface area (Å²) in [5.74, 6) is 1.38. The second kappa shape index (κ2) is 6.14. The Morgan fingerprint density at radius 2 is 2.47 bits per heavy atom. The number of hydrogen-bond acceptors (Lipinski definition) is 3. The van der Waals surface area contributed by atoms with Crippen molar-refractivity contribution in [3.8, 4) is 0 Å². The Bertz CT molecular complexity index is 359. The fourth-order valence-electron chi connectivity index (χ4n) is 0.903. The molecule has 1 aromatic rings. The maximum Gasteiger partial charge on any atom is 0.134 e. The predicted molar refractivity (Wildman–Crippen MR) is 63.2 cm³/mol. The van der Waals surface area contributed by atoms with Crippen molar-refractivity contribution < 1.29 is 0 Å². The highest BCUT2D eigenvalue weighted by Gasteiger charge is 1.97. The molecule has 1 rings (SSSR count). The van der Waals surface area contributed by atoms with Crippen LogP contribution in [-0.2, 0) is 0 Å². The van der Waals surface area contributed by atoms with Gasteiger partial charge in [0, 0.05) is 18.3 Å². The van der Waals surface area contributed by atoms with Crippen LogP contribution >= 0.6 is 11.6 Å². The zero-order valence-electron chi connectivity index (χ0n) is 8.74. The molecule has 0 saturated carbocycles. The van der Waals surface area contributed by atoms with E-state index in [0.717, 1.165) is 11.5 Å². The summed E-state index contributed by atoms with van der Waals surface area (Å²) in [7, 11) is 1.69. The first-order valence-electron chi connectivity index (χ1n) is 4.62. The highest BCUT2D eigenvalue weighted by Crippen LogP contribution is 2.07. The Kier molecular flexibility index (Phi) is 4.77. The molecular weight excluding hydrogens is 212 g/mol. The van der Waals surface area contributed by atoms with Crippen molar-refractivity contribution in [1.29, 1.82) is 0 Å². The molecule has 0 atom stereocenters. The maximum absolute atomic E-state index is 5.91. The highest BCUT2D eigenvalue weighted by molar-refractivity contribution is 6.31. The lowest BCUT2D eigenvalue weighted by Gasteiger charge is -2.04. The van der Waals surface area contributed by atoms with Crippen molar-refractivity contribution in [2.45, 2.75) is 13.3 Å². The summed E-state index contributed by atoms with van der Waals surface area (Å²) in [4.78, 5) is 11.9. The fourth-order valence-corrected chi connectivity index (χ4v) is 1.01. The summed E-state index contributed by atoms with van der Waals surface area (Å²) >= 11 is 5.91. The second-order valence-corrected chi connectivity index (χ2v) is 3.26. The summed E-state index contributed by atoms with van der Waals surface area (Å²) in [6.07, 6.45) is 5.70. The number of aliphatic imine (C=N–C) groups is 1. The monoisotopic (exact) mass is 224 g/mol. The molecule has 0 bridgehead atoms. The van der Waals surface area contributed by atoms with Crippen molar-refractivity contribution in [1.82, 2.24) is 9.97 Å². The molecule has 0 amide bonds. The lowest BCUT2D eigenvalue weighted by atomic mass is 10.4. The van der Waals surface area contributed by atoms with Gasteiger partial charge in [0.15, 0.2) is 0 Å². The van der Waals surface area contributed by atoms with Crippen LogP contribution in [0.25, 0.3) is 0 Å². The number of nitrogens with one attached hydrogen (secondary N) is 1. The summed E-state index contributed by atoms with van der Waals surface area (Å²) in [6.45, 7) is 1.98. The van der Waals surface area contributed by atoms with Crippen LogP contribution in [0.5, 0.6) is 0 Å². The van der Waals surface area contributed by atoms with E-state index >= 15 is 0 Å². The molecular formula is C10H13ClN4. The first kappa shape index (κ1) is 11.7. The van der Waals surface area contributed by atoms with Gasteiger partial charge < -0.3 is 5.32 Å². The van der Waals surface area contributed by atoms with Crippen molar-refractivity contribution in [2.24, 2.45) is 4.99 Å². The van der Waals surface area contributed by atoms with E-state index in [2.05, 4.69) is 20.3 Å². The molecule has 0 aromatic carbocycles.